The summed E-state index contributed by atoms with van der Waals surface area (Å²) in [7, 11) is 0. The lowest BCUT2D eigenvalue weighted by atomic mass is 10.1. The van der Waals surface area contributed by atoms with Gasteiger partial charge in [0.05, 0.1) is 13.2 Å². The Hall–Kier alpha value is -1.36. The minimum Gasteiger partial charge on any atom is -0.379 e. The third-order valence-corrected chi connectivity index (χ3v) is 4.26. The lowest BCUT2D eigenvalue weighted by Crippen LogP contribution is -2.51. The highest BCUT2D eigenvalue weighted by molar-refractivity contribution is 6.30. The van der Waals surface area contributed by atoms with Crippen LogP contribution in [0.1, 0.15) is 19.4 Å². The molecular formula is C17H23ClN2O2. The minimum atomic E-state index is -0.0810. The van der Waals surface area contributed by atoms with E-state index in [1.54, 1.807) is 12.2 Å². The molecule has 1 aliphatic heterocycles. The van der Waals surface area contributed by atoms with Crippen molar-refractivity contribution in [2.75, 3.05) is 26.3 Å². The zero-order valence-corrected chi connectivity index (χ0v) is 13.8. The van der Waals surface area contributed by atoms with Crippen LogP contribution in [0.15, 0.2) is 30.3 Å². The van der Waals surface area contributed by atoms with E-state index in [9.17, 15) is 4.79 Å². The van der Waals surface area contributed by atoms with Gasteiger partial charge in [-0.25, -0.2) is 0 Å². The Labute approximate surface area is 137 Å². The Balaban J connectivity index is 1.83. The molecule has 0 aromatic heterocycles. The molecule has 1 amide bonds. The topological polar surface area (TPSA) is 41.6 Å². The van der Waals surface area contributed by atoms with E-state index in [-0.39, 0.29) is 18.0 Å². The number of hydrogen-bond donors (Lipinski definition) is 1. The van der Waals surface area contributed by atoms with Crippen LogP contribution in [0.3, 0.4) is 0 Å². The van der Waals surface area contributed by atoms with Crippen LogP contribution >= 0.6 is 11.6 Å². The Morgan fingerprint density at radius 2 is 1.91 bits per heavy atom. The van der Waals surface area contributed by atoms with Crippen LogP contribution in [0.25, 0.3) is 6.08 Å². The maximum Gasteiger partial charge on any atom is 0.244 e. The van der Waals surface area contributed by atoms with Crippen LogP contribution < -0.4 is 5.32 Å². The lowest BCUT2D eigenvalue weighted by molar-refractivity contribution is -0.117. The quantitative estimate of drug-likeness (QED) is 0.847. The number of amides is 1. The highest BCUT2D eigenvalue weighted by Gasteiger charge is 2.22. The number of benzene rings is 1. The largest absolute Gasteiger partial charge is 0.379 e. The number of rotatable bonds is 5. The number of carbonyl (C=O) groups excluding carboxylic acids is 1. The van der Waals surface area contributed by atoms with Crippen molar-refractivity contribution >= 4 is 23.6 Å². The molecule has 1 heterocycles. The highest BCUT2D eigenvalue weighted by atomic mass is 35.5. The molecule has 0 spiro atoms. The Kier molecular flexibility index (Phi) is 6.43. The number of morpholine rings is 1. The monoisotopic (exact) mass is 322 g/mol. The average molecular weight is 323 g/mol. The SMILES string of the molecule is CC(NC(=O)/C=C/c1ccc(Cl)cc1)C(C)N1CCOCC1. The molecule has 0 saturated carbocycles. The zero-order chi connectivity index (χ0) is 15.9. The van der Waals surface area contributed by atoms with Gasteiger partial charge in [0.1, 0.15) is 0 Å². The van der Waals surface area contributed by atoms with Crippen molar-refractivity contribution in [3.8, 4) is 0 Å². The fraction of sp³-hybridized carbons (Fsp3) is 0.471. The van der Waals surface area contributed by atoms with Crippen molar-refractivity contribution in [3.05, 3.63) is 40.9 Å². The summed E-state index contributed by atoms with van der Waals surface area (Å²) in [6.45, 7) is 7.54. The number of halogens is 1. The number of nitrogens with one attached hydrogen (secondary N) is 1. The Bertz CT molecular complexity index is 510. The first-order chi connectivity index (χ1) is 10.6. The molecule has 0 bridgehead atoms. The van der Waals surface area contributed by atoms with E-state index in [2.05, 4.69) is 17.1 Å². The van der Waals surface area contributed by atoms with E-state index in [0.29, 0.717) is 5.02 Å². The average Bonchev–Trinajstić information content (AvgIpc) is 2.54. The molecular weight excluding hydrogens is 300 g/mol. The number of ether oxygens (including phenoxy) is 1. The van der Waals surface area contributed by atoms with Crippen LogP contribution in [0.5, 0.6) is 0 Å². The predicted octanol–water partition coefficient (Wildman–Crippen LogP) is 2.58. The standard InChI is InChI=1S/C17H23ClN2O2/c1-13(14(2)20-9-11-22-12-10-20)19-17(21)8-5-15-3-6-16(18)7-4-15/h3-8,13-14H,9-12H2,1-2H3,(H,19,21)/b8-5+. The van der Waals surface area contributed by atoms with E-state index in [1.165, 1.54) is 0 Å². The molecule has 5 heteroatoms. The molecule has 4 nitrogen and oxygen atoms in total. The van der Waals surface area contributed by atoms with Gasteiger partial charge in [0, 0.05) is 36.3 Å². The zero-order valence-electron chi connectivity index (χ0n) is 13.1. The van der Waals surface area contributed by atoms with Gasteiger partial charge in [0.15, 0.2) is 0 Å². The molecule has 1 fully saturated rings. The van der Waals surface area contributed by atoms with Crippen molar-refractivity contribution in [2.24, 2.45) is 0 Å². The third kappa shape index (κ3) is 5.13. The van der Waals surface area contributed by atoms with E-state index in [1.807, 2.05) is 31.2 Å². The maximum atomic E-state index is 12.0. The van der Waals surface area contributed by atoms with Gasteiger partial charge < -0.3 is 10.1 Å². The smallest absolute Gasteiger partial charge is 0.244 e. The summed E-state index contributed by atoms with van der Waals surface area (Å²) in [5.41, 5.74) is 0.952. The van der Waals surface area contributed by atoms with Crippen LogP contribution in [0.4, 0.5) is 0 Å². The van der Waals surface area contributed by atoms with Crippen LogP contribution in [0, 0.1) is 0 Å². The summed E-state index contributed by atoms with van der Waals surface area (Å²) in [4.78, 5) is 14.4. The fourth-order valence-corrected chi connectivity index (χ4v) is 2.57. The van der Waals surface area contributed by atoms with Gasteiger partial charge in [-0.1, -0.05) is 23.7 Å². The molecule has 1 aliphatic rings. The molecule has 22 heavy (non-hydrogen) atoms. The Morgan fingerprint density at radius 3 is 2.55 bits per heavy atom. The van der Waals surface area contributed by atoms with Crippen molar-refractivity contribution in [1.82, 2.24) is 10.2 Å². The fourth-order valence-electron chi connectivity index (χ4n) is 2.44. The predicted molar refractivity (Wildman–Crippen MR) is 89.9 cm³/mol. The van der Waals surface area contributed by atoms with E-state index in [4.69, 9.17) is 16.3 Å². The number of nitrogens with zero attached hydrogens (tertiary/aromatic N) is 1. The van der Waals surface area contributed by atoms with E-state index in [0.717, 1.165) is 31.9 Å². The van der Waals surface area contributed by atoms with Gasteiger partial charge in [0.25, 0.3) is 0 Å². The molecule has 2 rings (SSSR count). The van der Waals surface area contributed by atoms with Gasteiger partial charge in [-0.05, 0) is 37.6 Å². The second-order valence-corrected chi connectivity index (χ2v) is 6.01. The first-order valence-corrected chi connectivity index (χ1v) is 8.00. The van der Waals surface area contributed by atoms with Gasteiger partial charge in [0.2, 0.25) is 5.91 Å². The highest BCUT2D eigenvalue weighted by Crippen LogP contribution is 2.11. The molecule has 0 aliphatic carbocycles. The molecule has 2 unspecified atom stereocenters. The molecule has 1 N–H and O–H groups in total. The van der Waals surface area contributed by atoms with Crippen molar-refractivity contribution < 1.29 is 9.53 Å². The van der Waals surface area contributed by atoms with Crippen molar-refractivity contribution in [3.63, 3.8) is 0 Å². The summed E-state index contributed by atoms with van der Waals surface area (Å²) in [6.07, 6.45) is 3.35. The minimum absolute atomic E-state index is 0.0810. The van der Waals surface area contributed by atoms with Crippen molar-refractivity contribution in [2.45, 2.75) is 25.9 Å². The third-order valence-electron chi connectivity index (χ3n) is 4.01. The van der Waals surface area contributed by atoms with Crippen LogP contribution in [-0.4, -0.2) is 49.2 Å². The molecule has 2 atom stereocenters. The molecule has 1 aromatic carbocycles. The Morgan fingerprint density at radius 1 is 1.27 bits per heavy atom. The second kappa shape index (κ2) is 8.32. The number of carbonyl (C=O) groups is 1. The first kappa shape index (κ1) is 17.0. The molecule has 120 valence electrons. The van der Waals surface area contributed by atoms with Gasteiger partial charge in [-0.3, -0.25) is 9.69 Å². The van der Waals surface area contributed by atoms with Gasteiger partial charge >= 0.3 is 0 Å². The lowest BCUT2D eigenvalue weighted by Gasteiger charge is -2.35. The van der Waals surface area contributed by atoms with Gasteiger partial charge in [-0.15, -0.1) is 0 Å². The summed E-state index contributed by atoms with van der Waals surface area (Å²) >= 11 is 5.83. The van der Waals surface area contributed by atoms with Gasteiger partial charge in [-0.2, -0.15) is 0 Å². The summed E-state index contributed by atoms with van der Waals surface area (Å²) < 4.78 is 5.36. The van der Waals surface area contributed by atoms with Crippen LogP contribution in [0.2, 0.25) is 5.02 Å². The van der Waals surface area contributed by atoms with E-state index >= 15 is 0 Å². The maximum absolute atomic E-state index is 12.0. The van der Waals surface area contributed by atoms with Crippen molar-refractivity contribution in [1.29, 1.82) is 0 Å². The molecule has 1 saturated heterocycles. The first-order valence-electron chi connectivity index (χ1n) is 7.62. The summed E-state index contributed by atoms with van der Waals surface area (Å²) in [6, 6.07) is 7.75. The van der Waals surface area contributed by atoms with Crippen LogP contribution in [-0.2, 0) is 9.53 Å². The normalized spacial score (nSPS) is 19.0. The summed E-state index contributed by atoms with van der Waals surface area (Å²) in [5, 5.41) is 3.71. The molecule has 0 radical (unpaired) electrons. The van der Waals surface area contributed by atoms with E-state index < -0.39 is 0 Å². The second-order valence-electron chi connectivity index (χ2n) is 5.57. The summed E-state index contributed by atoms with van der Waals surface area (Å²) in [5.74, 6) is -0.0810. The molecule has 1 aromatic rings. The number of hydrogen-bond acceptors (Lipinski definition) is 3.